The summed E-state index contributed by atoms with van der Waals surface area (Å²) in [7, 11) is 1.89. The Bertz CT molecular complexity index is 1530. The van der Waals surface area contributed by atoms with Gasteiger partial charge in [-0.15, -0.1) is 0 Å². The number of allylic oxidation sites excluding steroid dienone is 2. The average molecular weight is 583 g/mol. The van der Waals surface area contributed by atoms with Gasteiger partial charge in [0.25, 0.3) is 0 Å². The maximum absolute atomic E-state index is 12.4. The molecule has 0 saturated carbocycles. The first-order valence-corrected chi connectivity index (χ1v) is 15.7. The van der Waals surface area contributed by atoms with E-state index in [9.17, 15) is 4.79 Å². The SMILES string of the molecule is C=CC(=O)Nc1cc(NC(C)N=C(/C(=C\C)CC)c2cn3c4c(cccc24)CCC3)c(NC)cc1OCCN1CCCC1. The Balaban J connectivity index is 1.46. The number of rotatable bonds is 13. The smallest absolute Gasteiger partial charge is 0.247 e. The summed E-state index contributed by atoms with van der Waals surface area (Å²) in [4.78, 5) is 20.0. The number of ether oxygens (including phenoxy) is 1. The Kier molecular flexibility index (Phi) is 9.87. The molecule has 5 rings (SSSR count). The summed E-state index contributed by atoms with van der Waals surface area (Å²) in [6, 6.07) is 10.5. The second-order valence-electron chi connectivity index (χ2n) is 11.4. The summed E-state index contributed by atoms with van der Waals surface area (Å²) < 4.78 is 8.60. The number of benzene rings is 2. The fraction of sp³-hybridized carbons (Fsp3) is 0.429. The van der Waals surface area contributed by atoms with E-state index in [1.165, 1.54) is 46.5 Å². The lowest BCUT2D eigenvalue weighted by Crippen LogP contribution is -2.25. The van der Waals surface area contributed by atoms with E-state index in [0.29, 0.717) is 18.0 Å². The minimum absolute atomic E-state index is 0.250. The van der Waals surface area contributed by atoms with E-state index in [1.54, 1.807) is 0 Å². The molecule has 228 valence electrons. The molecule has 3 aromatic rings. The molecule has 1 amide bonds. The third-order valence-electron chi connectivity index (χ3n) is 8.50. The summed E-state index contributed by atoms with van der Waals surface area (Å²) in [5.74, 6) is 0.340. The van der Waals surface area contributed by atoms with E-state index >= 15 is 0 Å². The number of nitrogens with one attached hydrogen (secondary N) is 3. The van der Waals surface area contributed by atoms with Gasteiger partial charge < -0.3 is 25.3 Å². The van der Waals surface area contributed by atoms with Crippen LogP contribution in [0.3, 0.4) is 0 Å². The van der Waals surface area contributed by atoms with Gasteiger partial charge in [0, 0.05) is 43.4 Å². The molecule has 1 fully saturated rings. The monoisotopic (exact) mass is 582 g/mol. The topological polar surface area (TPSA) is 82.9 Å². The third-order valence-corrected chi connectivity index (χ3v) is 8.50. The van der Waals surface area contributed by atoms with Crippen LogP contribution in [0.25, 0.3) is 10.9 Å². The van der Waals surface area contributed by atoms with Crippen LogP contribution in [-0.2, 0) is 17.8 Å². The Morgan fingerprint density at radius 1 is 1.14 bits per heavy atom. The van der Waals surface area contributed by atoms with Gasteiger partial charge in [-0.2, -0.15) is 0 Å². The Morgan fingerprint density at radius 2 is 1.95 bits per heavy atom. The highest BCUT2D eigenvalue weighted by molar-refractivity contribution is 6.19. The van der Waals surface area contributed by atoms with Crippen LogP contribution in [0, 0.1) is 0 Å². The average Bonchev–Trinajstić information content (AvgIpc) is 3.67. The molecular weight excluding hydrogens is 536 g/mol. The highest BCUT2D eigenvalue weighted by atomic mass is 16.5. The maximum Gasteiger partial charge on any atom is 0.247 e. The summed E-state index contributed by atoms with van der Waals surface area (Å²) in [5, 5.41) is 11.1. The van der Waals surface area contributed by atoms with Crippen LogP contribution in [0.1, 0.15) is 57.6 Å². The van der Waals surface area contributed by atoms with Crippen LogP contribution in [0.5, 0.6) is 5.75 Å². The standard InChI is InChI=1S/C35H46N6O2/c1-6-25(7-2)34(28-23-41-18-12-14-26-13-11-15-27(28)35(26)41)38-24(4)37-30-21-31(39-33(42)8-3)32(22-29(30)36-5)43-20-19-40-16-9-10-17-40/h6,8,11,13,15,21-24,36-37H,3,7,9-10,12,14,16-20H2,1-2,4-5H3,(H,39,42)/b25-6-,38-34?. The maximum atomic E-state index is 12.4. The molecule has 2 aliphatic rings. The molecule has 8 nitrogen and oxygen atoms in total. The first-order valence-electron chi connectivity index (χ1n) is 15.7. The molecule has 0 radical (unpaired) electrons. The number of anilines is 3. The van der Waals surface area contributed by atoms with Gasteiger partial charge in [0.2, 0.25) is 5.91 Å². The number of hydrogen-bond acceptors (Lipinski definition) is 6. The number of nitrogens with zero attached hydrogens (tertiary/aromatic N) is 3. The fourth-order valence-corrected chi connectivity index (χ4v) is 6.33. The minimum atomic E-state index is -0.283. The van der Waals surface area contributed by atoms with Crippen LogP contribution in [-0.4, -0.2) is 60.5 Å². The number of likely N-dealkylation sites (tertiary alicyclic amines) is 1. The Morgan fingerprint density at radius 3 is 2.67 bits per heavy atom. The number of aryl methyl sites for hydroxylation is 2. The van der Waals surface area contributed by atoms with Crippen molar-refractivity contribution < 1.29 is 9.53 Å². The van der Waals surface area contributed by atoms with E-state index in [2.05, 4.69) is 83.2 Å². The van der Waals surface area contributed by atoms with Crippen LogP contribution in [0.15, 0.2) is 65.8 Å². The van der Waals surface area contributed by atoms with Crippen LogP contribution >= 0.6 is 0 Å². The highest BCUT2D eigenvalue weighted by Gasteiger charge is 2.21. The summed E-state index contributed by atoms with van der Waals surface area (Å²) in [6.45, 7) is 14.6. The zero-order valence-electron chi connectivity index (χ0n) is 26.1. The molecule has 1 unspecified atom stereocenters. The van der Waals surface area contributed by atoms with Crippen molar-refractivity contribution in [2.45, 2.75) is 65.6 Å². The molecule has 0 bridgehead atoms. The molecule has 3 heterocycles. The lowest BCUT2D eigenvalue weighted by molar-refractivity contribution is -0.111. The zero-order chi connectivity index (χ0) is 30.3. The van der Waals surface area contributed by atoms with Crippen molar-refractivity contribution in [3.05, 3.63) is 72.0 Å². The van der Waals surface area contributed by atoms with Crippen LogP contribution in [0.4, 0.5) is 17.1 Å². The third kappa shape index (κ3) is 6.80. The second-order valence-corrected chi connectivity index (χ2v) is 11.4. The van der Waals surface area contributed by atoms with Crippen molar-refractivity contribution in [2.75, 3.05) is 49.2 Å². The lowest BCUT2D eigenvalue weighted by Gasteiger charge is -2.21. The predicted molar refractivity (Wildman–Crippen MR) is 180 cm³/mol. The molecular formula is C35H46N6O2. The Hall–Kier alpha value is -4.04. The molecule has 0 spiro atoms. The summed E-state index contributed by atoms with van der Waals surface area (Å²) in [6.07, 6.45) is 11.1. The number of aromatic nitrogens is 1. The fourth-order valence-electron chi connectivity index (χ4n) is 6.33. The van der Waals surface area contributed by atoms with Crippen LogP contribution in [0.2, 0.25) is 0 Å². The quantitative estimate of drug-likeness (QED) is 0.152. The number of hydrogen-bond donors (Lipinski definition) is 3. The summed E-state index contributed by atoms with van der Waals surface area (Å²) in [5.41, 5.74) is 8.44. The van der Waals surface area contributed by atoms with Crippen molar-refractivity contribution >= 4 is 39.6 Å². The lowest BCUT2D eigenvalue weighted by atomic mass is 9.97. The van der Waals surface area contributed by atoms with Gasteiger partial charge in [-0.05, 0) is 82.3 Å². The molecule has 8 heteroatoms. The van der Waals surface area contributed by atoms with Crippen molar-refractivity contribution in [1.82, 2.24) is 9.47 Å². The number of carbonyl (C=O) groups excluding carboxylic acids is 1. The van der Waals surface area contributed by atoms with Gasteiger partial charge in [-0.3, -0.25) is 14.7 Å². The van der Waals surface area contributed by atoms with Gasteiger partial charge in [0.15, 0.2) is 0 Å². The van der Waals surface area contributed by atoms with Crippen molar-refractivity contribution in [3.8, 4) is 5.75 Å². The molecule has 3 N–H and O–H groups in total. The van der Waals surface area contributed by atoms with Gasteiger partial charge in [-0.25, -0.2) is 0 Å². The molecule has 0 aliphatic carbocycles. The van der Waals surface area contributed by atoms with Gasteiger partial charge in [-0.1, -0.05) is 37.8 Å². The summed E-state index contributed by atoms with van der Waals surface area (Å²) >= 11 is 0. The predicted octanol–water partition coefficient (Wildman–Crippen LogP) is 6.83. The molecule has 2 aliphatic heterocycles. The van der Waals surface area contributed by atoms with E-state index in [4.69, 9.17) is 9.73 Å². The number of carbonyl (C=O) groups is 1. The van der Waals surface area contributed by atoms with Crippen molar-refractivity contribution in [1.29, 1.82) is 0 Å². The molecule has 43 heavy (non-hydrogen) atoms. The zero-order valence-corrected chi connectivity index (χ0v) is 26.1. The van der Waals surface area contributed by atoms with Crippen molar-refractivity contribution in [2.24, 2.45) is 4.99 Å². The highest BCUT2D eigenvalue weighted by Crippen LogP contribution is 2.36. The van der Waals surface area contributed by atoms with Crippen LogP contribution < -0.4 is 20.7 Å². The molecule has 1 atom stereocenters. The normalized spacial score (nSPS) is 16.3. The van der Waals surface area contributed by atoms with Gasteiger partial charge in [0.1, 0.15) is 18.5 Å². The minimum Gasteiger partial charge on any atom is -0.490 e. The molecule has 2 aromatic carbocycles. The van der Waals surface area contributed by atoms with Gasteiger partial charge >= 0.3 is 0 Å². The first kappa shape index (κ1) is 30.4. The Labute approximate surface area is 255 Å². The van der Waals surface area contributed by atoms with Gasteiger partial charge in [0.05, 0.1) is 28.3 Å². The number of para-hydroxylation sites is 1. The van der Waals surface area contributed by atoms with E-state index in [-0.39, 0.29) is 12.1 Å². The number of aliphatic imine (C=N–C) groups is 1. The largest absolute Gasteiger partial charge is 0.490 e. The van der Waals surface area contributed by atoms with E-state index in [1.807, 2.05) is 19.2 Å². The molecule has 1 aromatic heterocycles. The second kappa shape index (κ2) is 14.0. The van der Waals surface area contributed by atoms with Crippen molar-refractivity contribution in [3.63, 3.8) is 0 Å². The molecule has 1 saturated heterocycles. The first-order chi connectivity index (χ1) is 20.9. The van der Waals surface area contributed by atoms with E-state index in [0.717, 1.165) is 62.5 Å². The van der Waals surface area contributed by atoms with E-state index < -0.39 is 0 Å². The number of amides is 1.